The Morgan fingerprint density at radius 3 is 2.79 bits per heavy atom. The average Bonchev–Trinajstić information content (AvgIpc) is 2.38. The molecule has 1 aromatic rings. The summed E-state index contributed by atoms with van der Waals surface area (Å²) in [6, 6.07) is 3.42. The Hall–Kier alpha value is -1.13. The molecule has 1 amide bonds. The molecule has 0 aromatic carbocycles. The summed E-state index contributed by atoms with van der Waals surface area (Å²) in [6.07, 6.45) is 1.81. The van der Waals surface area contributed by atoms with Gasteiger partial charge in [-0.2, -0.15) is 0 Å². The molecule has 0 saturated carbocycles. The van der Waals surface area contributed by atoms with Crippen LogP contribution in [0.15, 0.2) is 12.1 Å². The van der Waals surface area contributed by atoms with Gasteiger partial charge in [0.1, 0.15) is 5.15 Å². The molecule has 5 heteroatoms. The number of pyridine rings is 1. The number of hydrogen-bond donors (Lipinski definition) is 1. The van der Waals surface area contributed by atoms with Gasteiger partial charge in [0.2, 0.25) is 0 Å². The summed E-state index contributed by atoms with van der Waals surface area (Å²) in [5.74, 6) is -0.0915. The molecule has 0 atom stereocenters. The van der Waals surface area contributed by atoms with Crippen molar-refractivity contribution >= 4 is 17.5 Å². The van der Waals surface area contributed by atoms with E-state index in [-0.39, 0.29) is 5.91 Å². The molecule has 0 radical (unpaired) electrons. The van der Waals surface area contributed by atoms with Crippen molar-refractivity contribution in [2.75, 3.05) is 26.7 Å². The van der Waals surface area contributed by atoms with E-state index in [0.717, 1.165) is 31.6 Å². The molecular weight excluding hydrogens is 262 g/mol. The second kappa shape index (κ2) is 8.12. The van der Waals surface area contributed by atoms with Crippen LogP contribution in [0, 0.1) is 0 Å². The Morgan fingerprint density at radius 1 is 1.42 bits per heavy atom. The number of likely N-dealkylation sites (N-methyl/N-ethyl adjacent to an activating group) is 1. The summed E-state index contributed by atoms with van der Waals surface area (Å²) in [6.45, 7) is 6.59. The molecule has 1 heterocycles. The standard InChI is InChI=1S/C14H22ClN3O/c1-4-6-12-9-11(10-13(15)17-12)14(19)16-7-8-18(3)5-2/h9-10H,4-8H2,1-3H3,(H,16,19). The first-order chi connectivity index (χ1) is 9.06. The maximum Gasteiger partial charge on any atom is 0.251 e. The van der Waals surface area contributed by atoms with E-state index in [4.69, 9.17) is 11.6 Å². The average molecular weight is 284 g/mol. The van der Waals surface area contributed by atoms with Gasteiger partial charge in [0.15, 0.2) is 0 Å². The Labute approximate surface area is 120 Å². The van der Waals surface area contributed by atoms with Gasteiger partial charge in [0.25, 0.3) is 5.91 Å². The van der Waals surface area contributed by atoms with Crippen LogP contribution in [0.5, 0.6) is 0 Å². The molecule has 1 N–H and O–H groups in total. The summed E-state index contributed by atoms with van der Waals surface area (Å²) in [5, 5.41) is 3.27. The molecule has 0 saturated heterocycles. The van der Waals surface area contributed by atoms with Crippen molar-refractivity contribution in [3.8, 4) is 0 Å². The molecule has 0 unspecified atom stereocenters. The molecule has 19 heavy (non-hydrogen) atoms. The number of nitrogens with one attached hydrogen (secondary N) is 1. The molecule has 1 aromatic heterocycles. The smallest absolute Gasteiger partial charge is 0.251 e. The van der Waals surface area contributed by atoms with E-state index < -0.39 is 0 Å². The van der Waals surface area contributed by atoms with E-state index in [1.165, 1.54) is 0 Å². The lowest BCUT2D eigenvalue weighted by Gasteiger charge is -2.14. The van der Waals surface area contributed by atoms with Crippen molar-refractivity contribution in [2.24, 2.45) is 0 Å². The molecule has 4 nitrogen and oxygen atoms in total. The summed E-state index contributed by atoms with van der Waals surface area (Å²) < 4.78 is 0. The highest BCUT2D eigenvalue weighted by atomic mass is 35.5. The zero-order chi connectivity index (χ0) is 14.3. The lowest BCUT2D eigenvalue weighted by molar-refractivity contribution is 0.0950. The largest absolute Gasteiger partial charge is 0.351 e. The number of aryl methyl sites for hydroxylation is 1. The monoisotopic (exact) mass is 283 g/mol. The van der Waals surface area contributed by atoms with Crippen LogP contribution >= 0.6 is 11.6 Å². The van der Waals surface area contributed by atoms with Crippen LogP contribution in [0.25, 0.3) is 0 Å². The predicted molar refractivity (Wildman–Crippen MR) is 78.7 cm³/mol. The van der Waals surface area contributed by atoms with Gasteiger partial charge >= 0.3 is 0 Å². The second-order valence-electron chi connectivity index (χ2n) is 4.57. The van der Waals surface area contributed by atoms with E-state index >= 15 is 0 Å². The van der Waals surface area contributed by atoms with Crippen LogP contribution in [0.3, 0.4) is 0 Å². The summed E-state index contributed by atoms with van der Waals surface area (Å²) >= 11 is 5.94. The van der Waals surface area contributed by atoms with Gasteiger partial charge in [-0.15, -0.1) is 0 Å². The van der Waals surface area contributed by atoms with E-state index in [9.17, 15) is 4.79 Å². The van der Waals surface area contributed by atoms with E-state index in [1.54, 1.807) is 6.07 Å². The Kier molecular flexibility index (Phi) is 6.81. The minimum absolute atomic E-state index is 0.0915. The molecular formula is C14H22ClN3O. The molecule has 0 aliphatic carbocycles. The van der Waals surface area contributed by atoms with Crippen LogP contribution in [0.2, 0.25) is 5.15 Å². The van der Waals surface area contributed by atoms with Crippen molar-refractivity contribution in [3.63, 3.8) is 0 Å². The maximum absolute atomic E-state index is 12.0. The molecule has 106 valence electrons. The van der Waals surface area contributed by atoms with Crippen molar-refractivity contribution in [3.05, 3.63) is 28.5 Å². The zero-order valence-electron chi connectivity index (χ0n) is 11.9. The van der Waals surface area contributed by atoms with Gasteiger partial charge in [-0.05, 0) is 32.1 Å². The third-order valence-corrected chi connectivity index (χ3v) is 3.13. The van der Waals surface area contributed by atoms with Gasteiger partial charge in [-0.1, -0.05) is 31.9 Å². The number of halogens is 1. The van der Waals surface area contributed by atoms with E-state index in [0.29, 0.717) is 17.3 Å². The van der Waals surface area contributed by atoms with Crippen LogP contribution in [-0.4, -0.2) is 42.5 Å². The second-order valence-corrected chi connectivity index (χ2v) is 4.96. The first-order valence-corrected chi connectivity index (χ1v) is 7.07. The highest BCUT2D eigenvalue weighted by Crippen LogP contribution is 2.12. The fourth-order valence-electron chi connectivity index (χ4n) is 1.69. The molecule has 0 fully saturated rings. The van der Waals surface area contributed by atoms with Gasteiger partial charge in [-0.3, -0.25) is 4.79 Å². The fourth-order valence-corrected chi connectivity index (χ4v) is 1.91. The third-order valence-electron chi connectivity index (χ3n) is 2.93. The number of rotatable bonds is 7. The first kappa shape index (κ1) is 15.9. The minimum Gasteiger partial charge on any atom is -0.351 e. The van der Waals surface area contributed by atoms with E-state index in [1.807, 2.05) is 13.1 Å². The zero-order valence-corrected chi connectivity index (χ0v) is 12.6. The number of carbonyl (C=O) groups excluding carboxylic acids is 1. The highest BCUT2D eigenvalue weighted by molar-refractivity contribution is 6.29. The number of amides is 1. The number of nitrogens with zero attached hydrogens (tertiary/aromatic N) is 2. The lowest BCUT2D eigenvalue weighted by atomic mass is 10.1. The van der Waals surface area contributed by atoms with Crippen LogP contribution in [0.4, 0.5) is 0 Å². The van der Waals surface area contributed by atoms with Gasteiger partial charge in [-0.25, -0.2) is 4.98 Å². The van der Waals surface area contributed by atoms with Crippen molar-refractivity contribution in [2.45, 2.75) is 26.7 Å². The number of carbonyl (C=O) groups is 1. The molecule has 0 spiro atoms. The van der Waals surface area contributed by atoms with E-state index in [2.05, 4.69) is 29.0 Å². The molecule has 0 aliphatic rings. The van der Waals surface area contributed by atoms with Crippen LogP contribution < -0.4 is 5.32 Å². The van der Waals surface area contributed by atoms with Crippen molar-refractivity contribution < 1.29 is 4.79 Å². The Balaban J connectivity index is 2.61. The minimum atomic E-state index is -0.0915. The maximum atomic E-state index is 12.0. The number of hydrogen-bond acceptors (Lipinski definition) is 3. The van der Waals surface area contributed by atoms with Gasteiger partial charge in [0, 0.05) is 24.3 Å². The molecule has 0 bridgehead atoms. The summed E-state index contributed by atoms with van der Waals surface area (Å²) in [5.41, 5.74) is 1.45. The van der Waals surface area contributed by atoms with Gasteiger partial charge in [0.05, 0.1) is 0 Å². The van der Waals surface area contributed by atoms with Gasteiger partial charge < -0.3 is 10.2 Å². The Bertz CT molecular complexity index is 423. The molecule has 0 aliphatic heterocycles. The summed E-state index contributed by atoms with van der Waals surface area (Å²) in [7, 11) is 2.02. The topological polar surface area (TPSA) is 45.2 Å². The fraction of sp³-hybridized carbons (Fsp3) is 0.571. The Morgan fingerprint density at radius 2 is 2.16 bits per heavy atom. The predicted octanol–water partition coefficient (Wildman–Crippen LogP) is 2.37. The quantitative estimate of drug-likeness (QED) is 0.782. The van der Waals surface area contributed by atoms with Crippen molar-refractivity contribution in [1.82, 2.24) is 15.2 Å². The molecule has 1 rings (SSSR count). The third kappa shape index (κ3) is 5.57. The lowest BCUT2D eigenvalue weighted by Crippen LogP contribution is -2.32. The van der Waals surface area contributed by atoms with Crippen LogP contribution in [0.1, 0.15) is 36.3 Å². The first-order valence-electron chi connectivity index (χ1n) is 6.70. The number of aromatic nitrogens is 1. The van der Waals surface area contributed by atoms with Crippen molar-refractivity contribution in [1.29, 1.82) is 0 Å². The SMILES string of the molecule is CCCc1cc(C(=O)NCCN(C)CC)cc(Cl)n1. The summed E-state index contributed by atoms with van der Waals surface area (Å²) in [4.78, 5) is 18.4. The van der Waals surface area contributed by atoms with Crippen LogP contribution in [-0.2, 0) is 6.42 Å². The normalized spacial score (nSPS) is 10.8. The highest BCUT2D eigenvalue weighted by Gasteiger charge is 2.09.